The molecule has 0 bridgehead atoms. The van der Waals surface area contributed by atoms with Crippen LogP contribution in [-0.2, 0) is 15.9 Å². The SMILES string of the molecule is CCOC(=O)c1ccc(CCCN2CCC(CN(C(=O)OC(C)(C)C)C3CC3c3ccc(-c4ccc(C)nc4)cc3)CC2)cc1. The maximum Gasteiger partial charge on any atom is 0.410 e. The van der Waals surface area contributed by atoms with Crippen LogP contribution in [0, 0.1) is 12.8 Å². The Hall–Kier alpha value is -3.71. The highest BCUT2D eigenvalue weighted by Gasteiger charge is 2.46. The molecule has 7 heteroatoms. The van der Waals surface area contributed by atoms with Crippen molar-refractivity contribution in [1.82, 2.24) is 14.8 Å². The van der Waals surface area contributed by atoms with Crippen LogP contribution in [0.2, 0.25) is 0 Å². The number of nitrogens with zero attached hydrogens (tertiary/aromatic N) is 3. The standard InChI is InChI=1S/C38H49N3O4/c1-6-44-36(42)32-13-10-28(11-14-32)8-7-21-40-22-19-29(20-23-40)26-41(37(43)45-38(3,4)5)35-24-34(35)31-17-15-30(16-18-31)33-12-9-27(2)39-25-33/h9-18,25,29,34-35H,6-8,19-24,26H2,1-5H3. The average molecular weight is 612 g/mol. The summed E-state index contributed by atoms with van der Waals surface area (Å²) in [5.41, 5.74) is 5.90. The van der Waals surface area contributed by atoms with E-state index in [1.165, 1.54) is 11.1 Å². The van der Waals surface area contributed by atoms with Crippen LogP contribution in [0.15, 0.2) is 66.9 Å². The third-order valence-electron chi connectivity index (χ3n) is 8.94. The summed E-state index contributed by atoms with van der Waals surface area (Å²) in [6.07, 6.45) is 6.96. The number of amides is 1. The number of ether oxygens (including phenoxy) is 2. The van der Waals surface area contributed by atoms with Crippen LogP contribution in [0.25, 0.3) is 11.1 Å². The van der Waals surface area contributed by atoms with E-state index in [4.69, 9.17) is 9.47 Å². The van der Waals surface area contributed by atoms with Crippen LogP contribution in [0.5, 0.6) is 0 Å². The van der Waals surface area contributed by atoms with E-state index in [1.807, 2.05) is 76.0 Å². The van der Waals surface area contributed by atoms with Crippen LogP contribution in [0.3, 0.4) is 0 Å². The summed E-state index contributed by atoms with van der Waals surface area (Å²) in [5, 5.41) is 0. The first kappa shape index (κ1) is 32.7. The Morgan fingerprint density at radius 2 is 1.64 bits per heavy atom. The Morgan fingerprint density at radius 3 is 2.27 bits per heavy atom. The zero-order chi connectivity index (χ0) is 32.0. The number of piperidine rings is 1. The lowest BCUT2D eigenvalue weighted by atomic mass is 9.95. The molecule has 2 heterocycles. The quantitative estimate of drug-likeness (QED) is 0.207. The highest BCUT2D eigenvalue weighted by molar-refractivity contribution is 5.89. The van der Waals surface area contributed by atoms with Crippen molar-refractivity contribution in [3.63, 3.8) is 0 Å². The molecule has 2 aromatic carbocycles. The number of carbonyl (C=O) groups excluding carboxylic acids is 2. The molecule has 1 saturated heterocycles. The number of rotatable bonds is 11. The molecule has 1 aliphatic heterocycles. The molecule has 2 atom stereocenters. The summed E-state index contributed by atoms with van der Waals surface area (Å²) in [7, 11) is 0. The highest BCUT2D eigenvalue weighted by atomic mass is 16.6. The van der Waals surface area contributed by atoms with E-state index in [9.17, 15) is 9.59 Å². The van der Waals surface area contributed by atoms with E-state index in [2.05, 4.69) is 40.2 Å². The molecule has 45 heavy (non-hydrogen) atoms. The van der Waals surface area contributed by atoms with Gasteiger partial charge in [0.15, 0.2) is 0 Å². The maximum atomic E-state index is 13.4. The van der Waals surface area contributed by atoms with Crippen molar-refractivity contribution in [2.45, 2.75) is 84.3 Å². The van der Waals surface area contributed by atoms with Crippen molar-refractivity contribution in [2.24, 2.45) is 5.92 Å². The van der Waals surface area contributed by atoms with Crippen molar-refractivity contribution in [3.05, 3.63) is 89.2 Å². The molecule has 3 aromatic rings. The number of aryl methyl sites for hydroxylation is 2. The largest absolute Gasteiger partial charge is 0.462 e. The summed E-state index contributed by atoms with van der Waals surface area (Å²) < 4.78 is 11.0. The monoisotopic (exact) mass is 611 g/mol. The van der Waals surface area contributed by atoms with Crippen molar-refractivity contribution < 1.29 is 19.1 Å². The molecule has 2 fully saturated rings. The number of carbonyl (C=O) groups is 2. The van der Waals surface area contributed by atoms with E-state index in [0.717, 1.165) is 75.1 Å². The average Bonchev–Trinajstić information content (AvgIpc) is 3.81. The molecule has 1 amide bonds. The minimum atomic E-state index is -0.522. The highest BCUT2D eigenvalue weighted by Crippen LogP contribution is 2.46. The van der Waals surface area contributed by atoms with Gasteiger partial charge in [-0.15, -0.1) is 0 Å². The lowest BCUT2D eigenvalue weighted by Crippen LogP contribution is -2.44. The topological polar surface area (TPSA) is 72.0 Å². The maximum absolute atomic E-state index is 13.4. The fraction of sp³-hybridized carbons (Fsp3) is 0.500. The predicted molar refractivity (Wildman–Crippen MR) is 178 cm³/mol. The molecule has 1 aromatic heterocycles. The first-order valence-electron chi connectivity index (χ1n) is 16.6. The number of esters is 1. The predicted octanol–water partition coefficient (Wildman–Crippen LogP) is 7.67. The molecule has 2 unspecified atom stereocenters. The van der Waals surface area contributed by atoms with Gasteiger partial charge in [0, 0.05) is 36.0 Å². The van der Waals surface area contributed by atoms with E-state index < -0.39 is 5.60 Å². The van der Waals surface area contributed by atoms with Crippen molar-refractivity contribution in [2.75, 3.05) is 32.8 Å². The summed E-state index contributed by atoms with van der Waals surface area (Å²) >= 11 is 0. The molecule has 7 nitrogen and oxygen atoms in total. The van der Waals surface area contributed by atoms with Gasteiger partial charge in [-0.1, -0.05) is 42.5 Å². The molecular formula is C38H49N3O4. The molecule has 0 spiro atoms. The van der Waals surface area contributed by atoms with Gasteiger partial charge in [0.1, 0.15) is 5.60 Å². The van der Waals surface area contributed by atoms with Gasteiger partial charge in [0.2, 0.25) is 0 Å². The van der Waals surface area contributed by atoms with E-state index in [0.29, 0.717) is 24.0 Å². The Kier molecular flexibility index (Phi) is 10.6. The number of hydrogen-bond acceptors (Lipinski definition) is 6. The van der Waals surface area contributed by atoms with E-state index >= 15 is 0 Å². The second-order valence-corrected chi connectivity index (χ2v) is 13.7. The van der Waals surface area contributed by atoms with Gasteiger partial charge in [-0.25, -0.2) is 9.59 Å². The summed E-state index contributed by atoms with van der Waals surface area (Å²) in [6, 6.07) is 20.9. The van der Waals surface area contributed by atoms with E-state index in [-0.39, 0.29) is 18.1 Å². The van der Waals surface area contributed by atoms with Gasteiger partial charge >= 0.3 is 12.1 Å². The Labute approximate surface area is 268 Å². The minimum absolute atomic E-state index is 0.181. The molecule has 0 radical (unpaired) electrons. The van der Waals surface area contributed by atoms with Gasteiger partial charge in [0.05, 0.1) is 12.2 Å². The number of aromatic nitrogens is 1. The fourth-order valence-electron chi connectivity index (χ4n) is 6.31. The van der Waals surface area contributed by atoms with Gasteiger partial charge in [-0.05, 0) is 127 Å². The lowest BCUT2D eigenvalue weighted by Gasteiger charge is -2.36. The molecule has 5 rings (SSSR count). The fourth-order valence-corrected chi connectivity index (χ4v) is 6.31. The number of benzene rings is 2. The van der Waals surface area contributed by atoms with Crippen molar-refractivity contribution >= 4 is 12.1 Å². The molecule has 2 aliphatic rings. The van der Waals surface area contributed by atoms with Gasteiger partial charge < -0.3 is 19.3 Å². The zero-order valence-corrected chi connectivity index (χ0v) is 27.6. The van der Waals surface area contributed by atoms with Gasteiger partial charge in [-0.3, -0.25) is 4.98 Å². The van der Waals surface area contributed by atoms with Gasteiger partial charge in [0.25, 0.3) is 0 Å². The Morgan fingerprint density at radius 1 is 0.956 bits per heavy atom. The smallest absolute Gasteiger partial charge is 0.410 e. The first-order valence-corrected chi connectivity index (χ1v) is 16.6. The first-order chi connectivity index (χ1) is 21.6. The molecular weight excluding hydrogens is 562 g/mol. The van der Waals surface area contributed by atoms with Crippen LogP contribution in [0.1, 0.15) is 86.5 Å². The lowest BCUT2D eigenvalue weighted by molar-refractivity contribution is 0.0171. The number of pyridine rings is 1. The van der Waals surface area contributed by atoms with Crippen molar-refractivity contribution in [3.8, 4) is 11.1 Å². The third kappa shape index (κ3) is 9.16. The second-order valence-electron chi connectivity index (χ2n) is 13.7. The Balaban J connectivity index is 1.12. The zero-order valence-electron chi connectivity index (χ0n) is 27.6. The second kappa shape index (κ2) is 14.6. The number of likely N-dealkylation sites (tertiary alicyclic amines) is 1. The van der Waals surface area contributed by atoms with Crippen LogP contribution < -0.4 is 0 Å². The number of hydrogen-bond donors (Lipinski definition) is 0. The minimum Gasteiger partial charge on any atom is -0.462 e. The van der Waals surface area contributed by atoms with Crippen molar-refractivity contribution in [1.29, 1.82) is 0 Å². The van der Waals surface area contributed by atoms with Gasteiger partial charge in [-0.2, -0.15) is 0 Å². The summed E-state index contributed by atoms with van der Waals surface area (Å²) in [6.45, 7) is 14.0. The molecule has 1 saturated carbocycles. The molecule has 1 aliphatic carbocycles. The Bertz CT molecular complexity index is 1410. The van der Waals surface area contributed by atoms with Crippen LogP contribution >= 0.6 is 0 Å². The van der Waals surface area contributed by atoms with E-state index in [1.54, 1.807) is 0 Å². The third-order valence-corrected chi connectivity index (χ3v) is 8.94. The summed E-state index contributed by atoms with van der Waals surface area (Å²) in [5.74, 6) is 0.552. The summed E-state index contributed by atoms with van der Waals surface area (Å²) in [4.78, 5) is 34.4. The normalized spacial score (nSPS) is 18.8. The van der Waals surface area contributed by atoms with Crippen LogP contribution in [-0.4, -0.2) is 71.3 Å². The molecule has 240 valence electrons. The molecule has 0 N–H and O–H groups in total. The van der Waals surface area contributed by atoms with Crippen LogP contribution in [0.4, 0.5) is 4.79 Å².